The predicted octanol–water partition coefficient (Wildman–Crippen LogP) is 1.69. The molecule has 1 aromatic carbocycles. The van der Waals surface area contributed by atoms with E-state index in [4.69, 9.17) is 5.11 Å². The van der Waals surface area contributed by atoms with Crippen LogP contribution in [-0.2, 0) is 13.0 Å². The first-order valence-corrected chi connectivity index (χ1v) is 8.63. The van der Waals surface area contributed by atoms with E-state index in [1.807, 2.05) is 42.5 Å². The summed E-state index contributed by atoms with van der Waals surface area (Å²) in [4.78, 5) is 18.6. The fourth-order valence-corrected chi connectivity index (χ4v) is 3.00. The second kappa shape index (κ2) is 8.48. The molecule has 1 atom stereocenters. The number of nitrogens with one attached hydrogen (secondary N) is 2. The van der Waals surface area contributed by atoms with Gasteiger partial charge < -0.3 is 20.6 Å². The van der Waals surface area contributed by atoms with Crippen molar-refractivity contribution in [2.75, 3.05) is 24.5 Å². The molecule has 1 aliphatic heterocycles. The van der Waals surface area contributed by atoms with E-state index in [9.17, 15) is 4.79 Å². The molecule has 0 spiro atoms. The number of urea groups is 1. The molecule has 3 N–H and O–H groups in total. The highest BCUT2D eigenvalue weighted by molar-refractivity contribution is 5.74. The standard InChI is InChI=1S/C19H24N4O2/c24-14-16-6-4-15(5-7-16)8-11-21-19(25)22-17-9-12-23(13-17)18-3-1-2-10-20-18/h1-7,10,17,24H,8-9,11-14H2,(H2,21,22,25). The Morgan fingerprint density at radius 1 is 1.20 bits per heavy atom. The fraction of sp³-hybridized carbons (Fsp3) is 0.368. The van der Waals surface area contributed by atoms with Gasteiger partial charge in [0, 0.05) is 31.9 Å². The van der Waals surface area contributed by atoms with Crippen molar-refractivity contribution >= 4 is 11.8 Å². The van der Waals surface area contributed by atoms with Gasteiger partial charge in [-0.15, -0.1) is 0 Å². The molecule has 3 rings (SSSR count). The van der Waals surface area contributed by atoms with Crippen molar-refractivity contribution in [3.8, 4) is 0 Å². The maximum absolute atomic E-state index is 12.0. The highest BCUT2D eigenvalue weighted by atomic mass is 16.3. The highest BCUT2D eigenvalue weighted by Crippen LogP contribution is 2.17. The van der Waals surface area contributed by atoms with Crippen LogP contribution in [0.1, 0.15) is 17.5 Å². The van der Waals surface area contributed by atoms with Crippen LogP contribution in [-0.4, -0.2) is 41.8 Å². The predicted molar refractivity (Wildman–Crippen MR) is 97.5 cm³/mol. The van der Waals surface area contributed by atoms with Crippen molar-refractivity contribution in [1.29, 1.82) is 0 Å². The van der Waals surface area contributed by atoms with E-state index in [1.165, 1.54) is 0 Å². The number of amides is 2. The maximum atomic E-state index is 12.0. The Kier molecular flexibility index (Phi) is 5.85. The number of pyridine rings is 1. The normalized spacial score (nSPS) is 16.7. The summed E-state index contributed by atoms with van der Waals surface area (Å²) in [6, 6.07) is 13.7. The molecule has 0 saturated carbocycles. The number of aliphatic hydroxyl groups excluding tert-OH is 1. The van der Waals surface area contributed by atoms with Gasteiger partial charge in [-0.05, 0) is 36.1 Å². The summed E-state index contributed by atoms with van der Waals surface area (Å²) in [5.74, 6) is 0.957. The van der Waals surface area contributed by atoms with Crippen molar-refractivity contribution < 1.29 is 9.90 Å². The Morgan fingerprint density at radius 2 is 2.00 bits per heavy atom. The first-order chi connectivity index (χ1) is 12.2. The van der Waals surface area contributed by atoms with Crippen LogP contribution < -0.4 is 15.5 Å². The lowest BCUT2D eigenvalue weighted by molar-refractivity contribution is 0.238. The van der Waals surface area contributed by atoms with E-state index < -0.39 is 0 Å². The second-order valence-electron chi connectivity index (χ2n) is 6.24. The maximum Gasteiger partial charge on any atom is 0.315 e. The van der Waals surface area contributed by atoms with Gasteiger partial charge in [0.05, 0.1) is 6.61 Å². The molecule has 1 aromatic heterocycles. The third kappa shape index (κ3) is 4.93. The first-order valence-electron chi connectivity index (χ1n) is 8.63. The lowest BCUT2D eigenvalue weighted by atomic mass is 10.1. The Bertz CT molecular complexity index is 676. The van der Waals surface area contributed by atoms with Crippen LogP contribution in [0.25, 0.3) is 0 Å². The number of hydrogen-bond donors (Lipinski definition) is 3. The number of anilines is 1. The van der Waals surface area contributed by atoms with Crippen LogP contribution in [0.4, 0.5) is 10.6 Å². The summed E-state index contributed by atoms with van der Waals surface area (Å²) in [6.07, 6.45) is 3.48. The molecule has 0 radical (unpaired) electrons. The molecule has 0 bridgehead atoms. The summed E-state index contributed by atoms with van der Waals surface area (Å²) < 4.78 is 0. The van der Waals surface area contributed by atoms with Gasteiger partial charge in [-0.3, -0.25) is 0 Å². The highest BCUT2D eigenvalue weighted by Gasteiger charge is 2.24. The number of rotatable bonds is 6. The summed E-state index contributed by atoms with van der Waals surface area (Å²) in [6.45, 7) is 2.32. The molecule has 0 aliphatic carbocycles. The lowest BCUT2D eigenvalue weighted by Crippen LogP contribution is -2.44. The fourth-order valence-electron chi connectivity index (χ4n) is 3.00. The zero-order chi connectivity index (χ0) is 17.5. The Balaban J connectivity index is 1.38. The molecule has 25 heavy (non-hydrogen) atoms. The molecule has 1 saturated heterocycles. The molecule has 6 heteroatoms. The lowest BCUT2D eigenvalue weighted by Gasteiger charge is -2.18. The molecule has 1 fully saturated rings. The van der Waals surface area contributed by atoms with Crippen LogP contribution in [0.3, 0.4) is 0 Å². The van der Waals surface area contributed by atoms with E-state index in [0.717, 1.165) is 42.9 Å². The third-order valence-corrected chi connectivity index (χ3v) is 4.40. The van der Waals surface area contributed by atoms with Crippen molar-refractivity contribution in [2.45, 2.75) is 25.5 Å². The minimum absolute atomic E-state index is 0.0534. The average molecular weight is 340 g/mol. The molecule has 6 nitrogen and oxygen atoms in total. The van der Waals surface area contributed by atoms with Crippen LogP contribution in [0.15, 0.2) is 48.7 Å². The van der Waals surface area contributed by atoms with E-state index in [2.05, 4.69) is 20.5 Å². The number of carbonyl (C=O) groups excluding carboxylic acids is 1. The van der Waals surface area contributed by atoms with Gasteiger partial charge in [0.25, 0.3) is 0 Å². The summed E-state index contributed by atoms with van der Waals surface area (Å²) in [5.41, 5.74) is 2.04. The Morgan fingerprint density at radius 3 is 2.72 bits per heavy atom. The number of hydrogen-bond acceptors (Lipinski definition) is 4. The molecule has 2 aromatic rings. The van der Waals surface area contributed by atoms with Gasteiger partial charge in [-0.1, -0.05) is 30.3 Å². The number of carbonyl (C=O) groups is 1. The number of benzene rings is 1. The van der Waals surface area contributed by atoms with E-state index in [-0.39, 0.29) is 18.7 Å². The zero-order valence-corrected chi connectivity index (χ0v) is 14.2. The van der Waals surface area contributed by atoms with Crippen molar-refractivity contribution in [3.63, 3.8) is 0 Å². The molecule has 1 aliphatic rings. The van der Waals surface area contributed by atoms with Crippen LogP contribution in [0.5, 0.6) is 0 Å². The largest absolute Gasteiger partial charge is 0.392 e. The van der Waals surface area contributed by atoms with Crippen LogP contribution in [0.2, 0.25) is 0 Å². The van der Waals surface area contributed by atoms with E-state index >= 15 is 0 Å². The van der Waals surface area contributed by atoms with Gasteiger partial charge >= 0.3 is 6.03 Å². The number of aromatic nitrogens is 1. The van der Waals surface area contributed by atoms with E-state index in [1.54, 1.807) is 6.20 Å². The number of nitrogens with zero attached hydrogens (tertiary/aromatic N) is 2. The van der Waals surface area contributed by atoms with E-state index in [0.29, 0.717) is 6.54 Å². The SMILES string of the molecule is O=C(NCCc1ccc(CO)cc1)NC1CCN(c2ccccn2)C1. The quantitative estimate of drug-likeness (QED) is 0.748. The summed E-state index contributed by atoms with van der Waals surface area (Å²) in [5, 5.41) is 15.0. The minimum Gasteiger partial charge on any atom is -0.392 e. The zero-order valence-electron chi connectivity index (χ0n) is 14.2. The van der Waals surface area contributed by atoms with Gasteiger partial charge in [-0.2, -0.15) is 0 Å². The van der Waals surface area contributed by atoms with Crippen molar-refractivity contribution in [1.82, 2.24) is 15.6 Å². The molecular weight excluding hydrogens is 316 g/mol. The third-order valence-electron chi connectivity index (χ3n) is 4.40. The van der Waals surface area contributed by atoms with Gasteiger partial charge in [0.2, 0.25) is 0 Å². The Labute approximate surface area is 147 Å². The molecular formula is C19H24N4O2. The van der Waals surface area contributed by atoms with Crippen molar-refractivity contribution in [3.05, 3.63) is 59.8 Å². The molecule has 132 valence electrons. The Hall–Kier alpha value is -2.60. The first kappa shape index (κ1) is 17.2. The topological polar surface area (TPSA) is 77.5 Å². The average Bonchev–Trinajstić information content (AvgIpc) is 3.11. The molecule has 1 unspecified atom stereocenters. The smallest absolute Gasteiger partial charge is 0.315 e. The summed E-state index contributed by atoms with van der Waals surface area (Å²) in [7, 11) is 0. The number of aliphatic hydroxyl groups is 1. The van der Waals surface area contributed by atoms with Gasteiger partial charge in [0.15, 0.2) is 0 Å². The minimum atomic E-state index is -0.125. The molecule has 2 heterocycles. The molecule has 2 amide bonds. The second-order valence-corrected chi connectivity index (χ2v) is 6.24. The van der Waals surface area contributed by atoms with Crippen LogP contribution in [0, 0.1) is 0 Å². The van der Waals surface area contributed by atoms with Gasteiger partial charge in [-0.25, -0.2) is 9.78 Å². The van der Waals surface area contributed by atoms with Crippen LogP contribution >= 0.6 is 0 Å². The van der Waals surface area contributed by atoms with Gasteiger partial charge in [0.1, 0.15) is 5.82 Å². The summed E-state index contributed by atoms with van der Waals surface area (Å²) >= 11 is 0. The van der Waals surface area contributed by atoms with Crippen molar-refractivity contribution in [2.24, 2.45) is 0 Å². The monoisotopic (exact) mass is 340 g/mol.